The molecule has 25 heavy (non-hydrogen) atoms. The standard InChI is InChI=1S/C18H17FN2O4/c19-13-6-1-2-8-15(13)24-10-4-9-20-18(23)12-5-3-7-14-17(12)25-11-16(22)21-14/h1-3,5-8H,4,9-11H2,(H,20,23)(H,21,22). The van der Waals surface area contributed by atoms with Crippen molar-refractivity contribution in [2.75, 3.05) is 25.1 Å². The second-order valence-corrected chi connectivity index (χ2v) is 5.41. The van der Waals surface area contributed by atoms with E-state index in [2.05, 4.69) is 10.6 Å². The summed E-state index contributed by atoms with van der Waals surface area (Å²) in [5.41, 5.74) is 0.833. The van der Waals surface area contributed by atoms with Crippen LogP contribution in [0.3, 0.4) is 0 Å². The average Bonchev–Trinajstić information content (AvgIpc) is 2.62. The fourth-order valence-corrected chi connectivity index (χ4v) is 2.41. The maximum Gasteiger partial charge on any atom is 0.262 e. The maximum atomic E-state index is 13.4. The molecule has 0 spiro atoms. The normalized spacial score (nSPS) is 12.6. The van der Waals surface area contributed by atoms with Gasteiger partial charge in [-0.15, -0.1) is 0 Å². The van der Waals surface area contributed by atoms with Crippen molar-refractivity contribution in [1.29, 1.82) is 0 Å². The number of rotatable bonds is 6. The lowest BCUT2D eigenvalue weighted by Crippen LogP contribution is -2.30. The van der Waals surface area contributed by atoms with Crippen molar-refractivity contribution in [3.8, 4) is 11.5 Å². The van der Waals surface area contributed by atoms with Crippen LogP contribution >= 0.6 is 0 Å². The van der Waals surface area contributed by atoms with Crippen molar-refractivity contribution in [3.63, 3.8) is 0 Å². The van der Waals surface area contributed by atoms with E-state index in [-0.39, 0.29) is 30.8 Å². The van der Waals surface area contributed by atoms with Crippen molar-refractivity contribution in [1.82, 2.24) is 5.32 Å². The Hall–Kier alpha value is -3.09. The molecule has 0 aromatic heterocycles. The molecule has 0 fully saturated rings. The van der Waals surface area contributed by atoms with E-state index < -0.39 is 5.82 Å². The maximum absolute atomic E-state index is 13.4. The minimum Gasteiger partial charge on any atom is -0.490 e. The van der Waals surface area contributed by atoms with E-state index in [1.165, 1.54) is 6.07 Å². The van der Waals surface area contributed by atoms with Gasteiger partial charge in [-0.25, -0.2) is 4.39 Å². The summed E-state index contributed by atoms with van der Waals surface area (Å²) in [6.07, 6.45) is 0.521. The summed E-state index contributed by atoms with van der Waals surface area (Å²) in [6.45, 7) is 0.526. The summed E-state index contributed by atoms with van der Waals surface area (Å²) >= 11 is 0. The van der Waals surface area contributed by atoms with Crippen LogP contribution < -0.4 is 20.1 Å². The van der Waals surface area contributed by atoms with E-state index in [1.807, 2.05) is 0 Å². The predicted octanol–water partition coefficient (Wildman–Crippen LogP) is 2.36. The molecule has 0 aliphatic carbocycles. The molecule has 0 atom stereocenters. The number of benzene rings is 2. The van der Waals surface area contributed by atoms with E-state index in [0.717, 1.165) is 0 Å². The molecule has 2 aromatic rings. The first-order valence-electron chi connectivity index (χ1n) is 7.86. The predicted molar refractivity (Wildman–Crippen MR) is 89.4 cm³/mol. The third-order valence-corrected chi connectivity index (χ3v) is 3.58. The fraction of sp³-hybridized carbons (Fsp3) is 0.222. The first kappa shape index (κ1) is 16.8. The summed E-state index contributed by atoms with van der Waals surface area (Å²) in [5, 5.41) is 5.41. The van der Waals surface area contributed by atoms with Crippen molar-refractivity contribution in [3.05, 3.63) is 53.8 Å². The van der Waals surface area contributed by atoms with E-state index in [9.17, 15) is 14.0 Å². The number of anilines is 1. The molecule has 0 saturated carbocycles. The van der Waals surface area contributed by atoms with Crippen LogP contribution in [0.4, 0.5) is 10.1 Å². The van der Waals surface area contributed by atoms with Crippen molar-refractivity contribution >= 4 is 17.5 Å². The van der Waals surface area contributed by atoms with Crippen LogP contribution in [0.25, 0.3) is 0 Å². The molecule has 130 valence electrons. The van der Waals surface area contributed by atoms with Crippen LogP contribution in [0.15, 0.2) is 42.5 Å². The molecule has 2 amide bonds. The van der Waals surface area contributed by atoms with Crippen molar-refractivity contribution in [2.24, 2.45) is 0 Å². The highest BCUT2D eigenvalue weighted by Crippen LogP contribution is 2.31. The number of carbonyl (C=O) groups excluding carboxylic acids is 2. The van der Waals surface area contributed by atoms with Gasteiger partial charge in [-0.1, -0.05) is 18.2 Å². The van der Waals surface area contributed by atoms with Gasteiger partial charge >= 0.3 is 0 Å². The highest BCUT2D eigenvalue weighted by Gasteiger charge is 2.22. The Morgan fingerprint density at radius 3 is 2.92 bits per heavy atom. The summed E-state index contributed by atoms with van der Waals surface area (Å²) in [6, 6.07) is 11.1. The number of nitrogens with one attached hydrogen (secondary N) is 2. The lowest BCUT2D eigenvalue weighted by Gasteiger charge is -2.20. The molecule has 1 aliphatic heterocycles. The molecule has 3 rings (SSSR count). The van der Waals surface area contributed by atoms with Gasteiger partial charge < -0.3 is 20.1 Å². The Labute approximate surface area is 143 Å². The second-order valence-electron chi connectivity index (χ2n) is 5.41. The van der Waals surface area contributed by atoms with Crippen LogP contribution in [-0.4, -0.2) is 31.6 Å². The van der Waals surface area contributed by atoms with E-state index in [0.29, 0.717) is 30.0 Å². The smallest absolute Gasteiger partial charge is 0.262 e. The molecule has 7 heteroatoms. The van der Waals surface area contributed by atoms with Gasteiger partial charge in [-0.3, -0.25) is 9.59 Å². The zero-order valence-corrected chi connectivity index (χ0v) is 13.4. The number of carbonyl (C=O) groups is 2. The zero-order chi connectivity index (χ0) is 17.6. The molecule has 6 nitrogen and oxygen atoms in total. The Kier molecular flexibility index (Phi) is 5.13. The third kappa shape index (κ3) is 4.06. The molecular weight excluding hydrogens is 327 g/mol. The molecule has 1 aliphatic rings. The fourth-order valence-electron chi connectivity index (χ4n) is 2.41. The summed E-state index contributed by atoms with van der Waals surface area (Å²) in [7, 11) is 0. The number of halogens is 1. The molecule has 0 bridgehead atoms. The lowest BCUT2D eigenvalue weighted by atomic mass is 10.1. The largest absolute Gasteiger partial charge is 0.490 e. The number of hydrogen-bond acceptors (Lipinski definition) is 4. The Morgan fingerprint density at radius 2 is 2.08 bits per heavy atom. The highest BCUT2D eigenvalue weighted by molar-refractivity contribution is 6.03. The molecule has 2 aromatic carbocycles. The first-order valence-corrected chi connectivity index (χ1v) is 7.86. The first-order chi connectivity index (χ1) is 12.1. The Bertz CT molecular complexity index is 794. The number of amides is 2. The number of fused-ring (bicyclic) bond motifs is 1. The van der Waals surface area contributed by atoms with Crippen LogP contribution in [0.1, 0.15) is 16.8 Å². The quantitative estimate of drug-likeness (QED) is 0.789. The molecule has 2 N–H and O–H groups in total. The van der Waals surface area contributed by atoms with Crippen LogP contribution in [0, 0.1) is 5.82 Å². The second kappa shape index (κ2) is 7.65. The van der Waals surface area contributed by atoms with Gasteiger partial charge in [-0.05, 0) is 30.7 Å². The topological polar surface area (TPSA) is 76.7 Å². The van der Waals surface area contributed by atoms with Gasteiger partial charge in [-0.2, -0.15) is 0 Å². The number of ether oxygens (including phenoxy) is 2. The van der Waals surface area contributed by atoms with Crippen LogP contribution in [-0.2, 0) is 4.79 Å². The van der Waals surface area contributed by atoms with Gasteiger partial charge in [0.2, 0.25) is 0 Å². The lowest BCUT2D eigenvalue weighted by molar-refractivity contribution is -0.118. The van der Waals surface area contributed by atoms with Crippen LogP contribution in [0.5, 0.6) is 11.5 Å². The number of para-hydroxylation sites is 2. The zero-order valence-electron chi connectivity index (χ0n) is 13.4. The van der Waals surface area contributed by atoms with Gasteiger partial charge in [0.15, 0.2) is 23.9 Å². The van der Waals surface area contributed by atoms with Crippen molar-refractivity contribution in [2.45, 2.75) is 6.42 Å². The third-order valence-electron chi connectivity index (χ3n) is 3.58. The van der Waals surface area contributed by atoms with Gasteiger partial charge in [0.25, 0.3) is 11.8 Å². The summed E-state index contributed by atoms with van der Waals surface area (Å²) < 4.78 is 24.1. The summed E-state index contributed by atoms with van der Waals surface area (Å²) in [5.74, 6) is -0.423. The molecule has 0 saturated heterocycles. The molecule has 0 radical (unpaired) electrons. The highest BCUT2D eigenvalue weighted by atomic mass is 19.1. The van der Waals surface area contributed by atoms with E-state index in [4.69, 9.17) is 9.47 Å². The SMILES string of the molecule is O=C1COc2c(cccc2C(=O)NCCCOc2ccccc2F)N1. The molecule has 1 heterocycles. The molecule has 0 unspecified atom stereocenters. The van der Waals surface area contributed by atoms with Crippen molar-refractivity contribution < 1.29 is 23.5 Å². The Morgan fingerprint density at radius 1 is 1.24 bits per heavy atom. The van der Waals surface area contributed by atoms with Gasteiger partial charge in [0.05, 0.1) is 17.9 Å². The monoisotopic (exact) mass is 344 g/mol. The number of hydrogen-bond donors (Lipinski definition) is 2. The van der Waals surface area contributed by atoms with Gasteiger partial charge in [0.1, 0.15) is 0 Å². The minimum absolute atomic E-state index is 0.117. The average molecular weight is 344 g/mol. The minimum atomic E-state index is -0.415. The van der Waals surface area contributed by atoms with E-state index in [1.54, 1.807) is 36.4 Å². The summed E-state index contributed by atoms with van der Waals surface area (Å²) in [4.78, 5) is 23.6. The molecular formula is C18H17FN2O4. The van der Waals surface area contributed by atoms with Crippen LogP contribution in [0.2, 0.25) is 0 Å². The van der Waals surface area contributed by atoms with E-state index >= 15 is 0 Å². The van der Waals surface area contributed by atoms with Gasteiger partial charge in [0, 0.05) is 6.54 Å². The Balaban J connectivity index is 1.50.